The third kappa shape index (κ3) is 3.16. The zero-order chi connectivity index (χ0) is 16.8. The Hall–Kier alpha value is -2.31. The first kappa shape index (κ1) is 16.5. The summed E-state index contributed by atoms with van der Waals surface area (Å²) in [5, 5.41) is 3.55. The first-order valence-corrected chi connectivity index (χ1v) is 9.94. The molecule has 3 rings (SSSR count). The maximum atomic E-state index is 12.3. The number of rotatable bonds is 4. The van der Waals surface area contributed by atoms with E-state index in [0.29, 0.717) is 0 Å². The van der Waals surface area contributed by atoms with Crippen LogP contribution in [0.2, 0.25) is 0 Å². The fourth-order valence-corrected chi connectivity index (χ4v) is 6.87. The van der Waals surface area contributed by atoms with Gasteiger partial charge in [0, 0.05) is 5.80 Å². The predicted molar refractivity (Wildman–Crippen MR) is 104 cm³/mol. The maximum absolute atomic E-state index is 12.3. The highest BCUT2D eigenvalue weighted by Gasteiger charge is 2.27. The third-order valence-electron chi connectivity index (χ3n) is 4.21. The summed E-state index contributed by atoms with van der Waals surface area (Å²) in [5.41, 5.74) is 0. The molecule has 0 heterocycles. The lowest BCUT2D eigenvalue weighted by atomic mass is 10.2. The molecule has 0 unspecified atom stereocenters. The van der Waals surface area contributed by atoms with Crippen molar-refractivity contribution in [1.82, 2.24) is 0 Å². The van der Waals surface area contributed by atoms with Crippen LogP contribution in [0, 0.1) is 0 Å². The Morgan fingerprint density at radius 1 is 0.958 bits per heavy atom. The van der Waals surface area contributed by atoms with Crippen molar-refractivity contribution in [2.75, 3.05) is 7.11 Å². The summed E-state index contributed by atoms with van der Waals surface area (Å²) in [4.78, 5) is 12.3. The SMILES string of the molecule is COC(=O)C=P(C1=CCCC=C1)(c1ccccc1)c1ccccc1. The number of allylic oxidation sites excluding steroid dienone is 4. The van der Waals surface area contributed by atoms with Crippen LogP contribution in [0.3, 0.4) is 0 Å². The molecule has 1 aliphatic carbocycles. The minimum Gasteiger partial charge on any atom is -0.466 e. The van der Waals surface area contributed by atoms with Gasteiger partial charge in [-0.3, -0.25) is 0 Å². The van der Waals surface area contributed by atoms with Gasteiger partial charge in [0.25, 0.3) is 0 Å². The quantitative estimate of drug-likeness (QED) is 0.626. The lowest BCUT2D eigenvalue weighted by molar-refractivity contribution is -0.132. The average Bonchev–Trinajstić information content (AvgIpc) is 2.68. The van der Waals surface area contributed by atoms with Gasteiger partial charge in [-0.25, -0.2) is 4.79 Å². The zero-order valence-electron chi connectivity index (χ0n) is 13.8. The third-order valence-corrected chi connectivity index (χ3v) is 8.18. The van der Waals surface area contributed by atoms with Crippen molar-refractivity contribution in [2.45, 2.75) is 12.8 Å². The smallest absolute Gasteiger partial charge is 0.331 e. The van der Waals surface area contributed by atoms with Gasteiger partial charge in [-0.05, 0) is 35.7 Å². The molecule has 0 N–H and O–H groups in total. The second-order valence-corrected chi connectivity index (χ2v) is 8.91. The van der Waals surface area contributed by atoms with E-state index in [0.717, 1.165) is 12.8 Å². The van der Waals surface area contributed by atoms with Crippen LogP contribution in [0.25, 0.3) is 0 Å². The Balaban J connectivity index is 2.37. The van der Waals surface area contributed by atoms with E-state index in [1.54, 1.807) is 5.80 Å². The normalized spacial score (nSPS) is 14.0. The maximum Gasteiger partial charge on any atom is 0.331 e. The van der Waals surface area contributed by atoms with Crippen LogP contribution >= 0.6 is 6.89 Å². The standard InChI is InChI=1S/C21H21O2P/c1-23-21(22)17-24(18-11-5-2-6-12-18,19-13-7-3-8-14-19)20-15-9-4-10-16-20/h2-3,5-9,11-17H,4,10H2,1H3. The zero-order valence-corrected chi connectivity index (χ0v) is 14.7. The number of hydrogen-bond acceptors (Lipinski definition) is 2. The van der Waals surface area contributed by atoms with Crippen molar-refractivity contribution in [3.8, 4) is 0 Å². The van der Waals surface area contributed by atoms with Crippen molar-refractivity contribution < 1.29 is 9.53 Å². The minimum absolute atomic E-state index is 0.282. The van der Waals surface area contributed by atoms with Gasteiger partial charge in [0.1, 0.15) is 0 Å². The molecule has 0 saturated heterocycles. The lowest BCUT2D eigenvalue weighted by Gasteiger charge is -2.30. The van der Waals surface area contributed by atoms with Crippen molar-refractivity contribution in [3.63, 3.8) is 0 Å². The van der Waals surface area contributed by atoms with Crippen LogP contribution < -0.4 is 10.6 Å². The fourth-order valence-electron chi connectivity index (χ4n) is 3.07. The minimum atomic E-state index is -2.17. The van der Waals surface area contributed by atoms with Gasteiger partial charge < -0.3 is 4.74 Å². The molecule has 2 aromatic carbocycles. The van der Waals surface area contributed by atoms with Gasteiger partial charge in [0.15, 0.2) is 0 Å². The van der Waals surface area contributed by atoms with Crippen LogP contribution in [0.1, 0.15) is 12.8 Å². The average molecular weight is 336 g/mol. The molecule has 0 radical (unpaired) electrons. The summed E-state index contributed by atoms with van der Waals surface area (Å²) in [6.07, 6.45) is 8.69. The Bertz CT molecular complexity index is 774. The monoisotopic (exact) mass is 336 g/mol. The second kappa shape index (κ2) is 7.51. The molecule has 2 nitrogen and oxygen atoms in total. The molecule has 0 aromatic heterocycles. The predicted octanol–water partition coefficient (Wildman–Crippen LogP) is 3.86. The molecule has 2 aromatic rings. The van der Waals surface area contributed by atoms with E-state index in [2.05, 4.69) is 42.5 Å². The van der Waals surface area contributed by atoms with Crippen LogP contribution in [0.5, 0.6) is 0 Å². The number of esters is 1. The highest BCUT2D eigenvalue weighted by atomic mass is 31.2. The van der Waals surface area contributed by atoms with E-state index < -0.39 is 6.89 Å². The van der Waals surface area contributed by atoms with Crippen molar-refractivity contribution >= 4 is 29.3 Å². The van der Waals surface area contributed by atoms with E-state index in [1.807, 2.05) is 36.4 Å². The summed E-state index contributed by atoms with van der Waals surface area (Å²) in [5.74, 6) is 1.52. The van der Waals surface area contributed by atoms with Crippen LogP contribution in [-0.4, -0.2) is 18.9 Å². The number of methoxy groups -OCH3 is 1. The number of carbonyl (C=O) groups is 1. The molecule has 0 atom stereocenters. The molecular weight excluding hydrogens is 315 g/mol. The Morgan fingerprint density at radius 3 is 2.00 bits per heavy atom. The molecule has 24 heavy (non-hydrogen) atoms. The molecule has 0 bridgehead atoms. The molecule has 3 heteroatoms. The summed E-state index contributed by atoms with van der Waals surface area (Å²) in [7, 11) is 1.44. The summed E-state index contributed by atoms with van der Waals surface area (Å²) < 4.78 is 5.02. The number of carbonyl (C=O) groups excluding carboxylic acids is 1. The number of hydrogen-bond donors (Lipinski definition) is 0. The summed E-state index contributed by atoms with van der Waals surface area (Å²) in [6.45, 7) is -2.17. The van der Waals surface area contributed by atoms with E-state index in [1.165, 1.54) is 23.0 Å². The van der Waals surface area contributed by atoms with Crippen molar-refractivity contribution in [1.29, 1.82) is 0 Å². The van der Waals surface area contributed by atoms with Gasteiger partial charge in [-0.2, -0.15) is 0 Å². The van der Waals surface area contributed by atoms with Crippen molar-refractivity contribution in [2.24, 2.45) is 0 Å². The molecule has 1 aliphatic rings. The van der Waals surface area contributed by atoms with E-state index in [4.69, 9.17) is 4.74 Å². The molecular formula is C21H21O2P. The Kier molecular flexibility index (Phi) is 5.17. The molecule has 0 aliphatic heterocycles. The fraction of sp³-hybridized carbons (Fsp3) is 0.143. The number of benzene rings is 2. The van der Waals surface area contributed by atoms with Crippen LogP contribution in [-0.2, 0) is 9.53 Å². The molecule has 0 saturated carbocycles. The van der Waals surface area contributed by atoms with Crippen molar-refractivity contribution in [3.05, 3.63) is 84.2 Å². The van der Waals surface area contributed by atoms with Crippen LogP contribution in [0.15, 0.2) is 84.2 Å². The van der Waals surface area contributed by atoms with E-state index in [-0.39, 0.29) is 5.97 Å². The molecule has 0 spiro atoms. The number of ether oxygens (including phenoxy) is 1. The lowest BCUT2D eigenvalue weighted by Crippen LogP contribution is -2.22. The highest BCUT2D eigenvalue weighted by molar-refractivity contribution is 7.92. The Morgan fingerprint density at radius 2 is 1.54 bits per heavy atom. The molecule has 122 valence electrons. The van der Waals surface area contributed by atoms with Crippen LogP contribution in [0.4, 0.5) is 0 Å². The van der Waals surface area contributed by atoms with Gasteiger partial charge in [0.05, 0.1) is 7.11 Å². The van der Waals surface area contributed by atoms with E-state index in [9.17, 15) is 4.79 Å². The summed E-state index contributed by atoms with van der Waals surface area (Å²) in [6, 6.07) is 20.6. The van der Waals surface area contributed by atoms with Gasteiger partial charge in [-0.15, -0.1) is 0 Å². The first-order chi connectivity index (χ1) is 11.8. The van der Waals surface area contributed by atoms with E-state index >= 15 is 0 Å². The van der Waals surface area contributed by atoms with Gasteiger partial charge in [-0.1, -0.05) is 78.9 Å². The first-order valence-electron chi connectivity index (χ1n) is 8.08. The largest absolute Gasteiger partial charge is 0.466 e. The molecule has 0 fully saturated rings. The Labute approximate surface area is 143 Å². The molecule has 0 amide bonds. The topological polar surface area (TPSA) is 26.3 Å². The summed E-state index contributed by atoms with van der Waals surface area (Å²) >= 11 is 0. The van der Waals surface area contributed by atoms with Gasteiger partial charge >= 0.3 is 5.97 Å². The highest BCUT2D eigenvalue weighted by Crippen LogP contribution is 2.54. The second-order valence-electron chi connectivity index (χ2n) is 5.65. The van der Waals surface area contributed by atoms with Gasteiger partial charge in [0.2, 0.25) is 0 Å².